The minimum Gasteiger partial charge on any atom is -0.496 e. The second kappa shape index (κ2) is 9.10. The molecule has 0 fully saturated rings. The van der Waals surface area contributed by atoms with Crippen LogP contribution in [0.4, 0.5) is 5.69 Å². The third-order valence-corrected chi connectivity index (χ3v) is 5.65. The number of rotatable bonds is 7. The fraction of sp³-hybridized carbons (Fsp3) is 0.185. The summed E-state index contributed by atoms with van der Waals surface area (Å²) in [6.45, 7) is 4.30. The van der Waals surface area contributed by atoms with E-state index in [0.29, 0.717) is 29.9 Å². The number of amides is 2. The first-order valence-corrected chi connectivity index (χ1v) is 10.6. The van der Waals surface area contributed by atoms with Gasteiger partial charge in [0.2, 0.25) is 0 Å². The zero-order valence-electron chi connectivity index (χ0n) is 18.5. The second-order valence-corrected chi connectivity index (χ2v) is 7.89. The Morgan fingerprint density at radius 1 is 0.875 bits per heavy atom. The van der Waals surface area contributed by atoms with Crippen molar-refractivity contribution in [3.63, 3.8) is 0 Å². The van der Waals surface area contributed by atoms with Gasteiger partial charge in [-0.2, -0.15) is 0 Å². The highest BCUT2D eigenvalue weighted by Gasteiger charge is 2.40. The number of nitrogens with zero attached hydrogens (tertiary/aromatic N) is 1. The van der Waals surface area contributed by atoms with Gasteiger partial charge < -0.3 is 10.1 Å². The highest BCUT2D eigenvalue weighted by molar-refractivity contribution is 6.37. The molecule has 0 saturated heterocycles. The third-order valence-electron chi connectivity index (χ3n) is 5.65. The molecule has 2 amide bonds. The Bertz CT molecular complexity index is 1200. The lowest BCUT2D eigenvalue weighted by Crippen LogP contribution is -2.34. The molecule has 5 nitrogen and oxygen atoms in total. The maximum absolute atomic E-state index is 13.5. The van der Waals surface area contributed by atoms with Gasteiger partial charge in [0.1, 0.15) is 11.4 Å². The van der Waals surface area contributed by atoms with Crippen molar-refractivity contribution in [2.75, 3.05) is 19.0 Å². The van der Waals surface area contributed by atoms with Gasteiger partial charge in [-0.3, -0.25) is 14.5 Å². The predicted molar refractivity (Wildman–Crippen MR) is 126 cm³/mol. The molecule has 3 aromatic rings. The largest absolute Gasteiger partial charge is 0.496 e. The summed E-state index contributed by atoms with van der Waals surface area (Å²) in [7, 11) is 1.56. The molecular weight excluding hydrogens is 400 g/mol. The second-order valence-electron chi connectivity index (χ2n) is 7.89. The number of anilines is 1. The lowest BCUT2D eigenvalue weighted by molar-refractivity contribution is -0.136. The van der Waals surface area contributed by atoms with Crippen LogP contribution < -0.4 is 10.1 Å². The van der Waals surface area contributed by atoms with Gasteiger partial charge in [-0.15, -0.1) is 0 Å². The molecule has 0 spiro atoms. The number of ether oxygens (including phenoxy) is 1. The maximum atomic E-state index is 13.5. The van der Waals surface area contributed by atoms with Crippen LogP contribution in [0.15, 0.2) is 78.5 Å². The van der Waals surface area contributed by atoms with Crippen molar-refractivity contribution < 1.29 is 14.3 Å². The number of hydrogen-bond acceptors (Lipinski definition) is 4. The first-order chi connectivity index (χ1) is 15.5. The molecule has 1 N–H and O–H groups in total. The fourth-order valence-electron chi connectivity index (χ4n) is 3.97. The van der Waals surface area contributed by atoms with Crippen LogP contribution in [0.3, 0.4) is 0 Å². The molecule has 0 aliphatic carbocycles. The van der Waals surface area contributed by atoms with Crippen LogP contribution in [-0.2, 0) is 16.0 Å². The molecular formula is C27H26N2O3. The average molecular weight is 427 g/mol. The number of aryl methyl sites for hydroxylation is 2. The normalized spacial score (nSPS) is 13.7. The summed E-state index contributed by atoms with van der Waals surface area (Å²) >= 11 is 0. The van der Waals surface area contributed by atoms with Gasteiger partial charge >= 0.3 is 0 Å². The van der Waals surface area contributed by atoms with Crippen molar-refractivity contribution in [2.24, 2.45) is 0 Å². The molecule has 4 rings (SSSR count). The van der Waals surface area contributed by atoms with Crippen molar-refractivity contribution in [3.8, 4) is 5.75 Å². The Hall–Kier alpha value is -3.86. The van der Waals surface area contributed by atoms with Gasteiger partial charge in [-0.05, 0) is 43.5 Å². The van der Waals surface area contributed by atoms with Crippen LogP contribution >= 0.6 is 0 Å². The molecule has 1 aliphatic rings. The van der Waals surface area contributed by atoms with E-state index in [2.05, 4.69) is 5.32 Å². The number of imide groups is 1. The molecule has 0 radical (unpaired) electrons. The molecule has 3 aromatic carbocycles. The first-order valence-electron chi connectivity index (χ1n) is 10.6. The lowest BCUT2D eigenvalue weighted by atomic mass is 10.0. The van der Waals surface area contributed by atoms with Crippen LogP contribution in [0, 0.1) is 13.8 Å². The van der Waals surface area contributed by atoms with Crippen LogP contribution in [0.25, 0.3) is 5.57 Å². The Morgan fingerprint density at radius 3 is 2.31 bits per heavy atom. The van der Waals surface area contributed by atoms with E-state index in [4.69, 9.17) is 4.74 Å². The summed E-state index contributed by atoms with van der Waals surface area (Å²) in [5.74, 6) is -0.0944. The molecule has 1 aliphatic heterocycles. The van der Waals surface area contributed by atoms with Crippen LogP contribution in [-0.4, -0.2) is 30.4 Å². The predicted octanol–water partition coefficient (Wildman–Crippen LogP) is 4.75. The van der Waals surface area contributed by atoms with Crippen molar-refractivity contribution >= 4 is 23.1 Å². The zero-order chi connectivity index (χ0) is 22.7. The standard InChI is InChI=1S/C27H26N2O3/c1-18-13-14-22(19(2)17-18)28-25-24(21-11-7-8-12-23(21)32-3)26(30)29(27(25)31)16-15-20-9-5-4-6-10-20/h4-14,17,28H,15-16H2,1-3H3. The van der Waals surface area contributed by atoms with E-state index in [1.165, 1.54) is 4.90 Å². The summed E-state index contributed by atoms with van der Waals surface area (Å²) in [4.78, 5) is 28.3. The smallest absolute Gasteiger partial charge is 0.278 e. The summed E-state index contributed by atoms with van der Waals surface area (Å²) in [6.07, 6.45) is 0.592. The topological polar surface area (TPSA) is 58.6 Å². The Kier molecular flexibility index (Phi) is 6.08. The van der Waals surface area contributed by atoms with Gasteiger partial charge in [-0.1, -0.05) is 66.2 Å². The number of carbonyl (C=O) groups is 2. The highest BCUT2D eigenvalue weighted by atomic mass is 16.5. The minimum absolute atomic E-state index is 0.277. The van der Waals surface area contributed by atoms with E-state index in [1.54, 1.807) is 13.2 Å². The summed E-state index contributed by atoms with van der Waals surface area (Å²) < 4.78 is 5.50. The van der Waals surface area contributed by atoms with Gasteiger partial charge in [0.05, 0.1) is 12.7 Å². The molecule has 5 heteroatoms. The quantitative estimate of drug-likeness (QED) is 0.554. The molecule has 0 atom stereocenters. The van der Waals surface area contributed by atoms with Crippen molar-refractivity contribution in [1.82, 2.24) is 4.90 Å². The van der Waals surface area contributed by atoms with Crippen molar-refractivity contribution in [3.05, 3.63) is 101 Å². The van der Waals surface area contributed by atoms with Crippen LogP contribution in [0.1, 0.15) is 22.3 Å². The number of hydrogen-bond donors (Lipinski definition) is 1. The number of benzene rings is 3. The van der Waals surface area contributed by atoms with E-state index >= 15 is 0 Å². The third kappa shape index (κ3) is 4.14. The van der Waals surface area contributed by atoms with E-state index < -0.39 is 0 Å². The molecule has 162 valence electrons. The summed E-state index contributed by atoms with van der Waals surface area (Å²) in [5, 5.41) is 3.26. The summed E-state index contributed by atoms with van der Waals surface area (Å²) in [5.41, 5.74) is 5.21. The monoisotopic (exact) mass is 426 g/mol. The Morgan fingerprint density at radius 2 is 1.59 bits per heavy atom. The highest BCUT2D eigenvalue weighted by Crippen LogP contribution is 2.35. The first kappa shape index (κ1) is 21.4. The number of para-hydroxylation sites is 1. The molecule has 0 saturated carbocycles. The number of carbonyl (C=O) groups excluding carboxylic acids is 2. The van der Waals surface area contributed by atoms with Crippen molar-refractivity contribution in [2.45, 2.75) is 20.3 Å². The van der Waals surface area contributed by atoms with Crippen LogP contribution in [0.2, 0.25) is 0 Å². The zero-order valence-corrected chi connectivity index (χ0v) is 18.5. The molecule has 0 aromatic heterocycles. The van der Waals surface area contributed by atoms with Gasteiger partial charge in [0, 0.05) is 17.8 Å². The number of nitrogens with one attached hydrogen (secondary N) is 1. The lowest BCUT2D eigenvalue weighted by Gasteiger charge is -2.16. The van der Waals surface area contributed by atoms with E-state index in [0.717, 1.165) is 22.4 Å². The fourth-order valence-corrected chi connectivity index (χ4v) is 3.97. The average Bonchev–Trinajstić information content (AvgIpc) is 3.03. The molecule has 1 heterocycles. The SMILES string of the molecule is COc1ccccc1C1=C(Nc2ccc(C)cc2C)C(=O)N(CCc2ccccc2)C1=O. The van der Waals surface area contributed by atoms with Gasteiger partial charge in [0.25, 0.3) is 11.8 Å². The maximum Gasteiger partial charge on any atom is 0.278 e. The Labute approximate surface area is 188 Å². The molecule has 0 unspecified atom stereocenters. The summed E-state index contributed by atoms with van der Waals surface area (Å²) in [6, 6.07) is 23.1. The number of methoxy groups -OCH3 is 1. The van der Waals surface area contributed by atoms with Crippen LogP contribution in [0.5, 0.6) is 5.75 Å². The van der Waals surface area contributed by atoms with E-state index in [1.807, 2.05) is 80.6 Å². The van der Waals surface area contributed by atoms with Crippen molar-refractivity contribution in [1.29, 1.82) is 0 Å². The van der Waals surface area contributed by atoms with E-state index in [-0.39, 0.29) is 17.5 Å². The molecule has 32 heavy (non-hydrogen) atoms. The Balaban J connectivity index is 1.73. The van der Waals surface area contributed by atoms with E-state index in [9.17, 15) is 9.59 Å². The van der Waals surface area contributed by atoms with Gasteiger partial charge in [-0.25, -0.2) is 0 Å². The minimum atomic E-state index is -0.327. The van der Waals surface area contributed by atoms with Gasteiger partial charge in [0.15, 0.2) is 0 Å². The molecule has 0 bridgehead atoms.